The fourth-order valence-corrected chi connectivity index (χ4v) is 3.91. The maximum absolute atomic E-state index is 12.3. The highest BCUT2D eigenvalue weighted by Gasteiger charge is 2.20. The molecular formula is C17H22N4OS. The zero-order chi connectivity index (χ0) is 16.2. The van der Waals surface area contributed by atoms with Gasteiger partial charge in [0.2, 0.25) is 0 Å². The summed E-state index contributed by atoms with van der Waals surface area (Å²) in [4.78, 5) is 24.2. The number of amides is 2. The van der Waals surface area contributed by atoms with Crippen molar-refractivity contribution in [2.45, 2.75) is 45.2 Å². The van der Waals surface area contributed by atoms with Crippen molar-refractivity contribution in [2.75, 3.05) is 7.05 Å². The van der Waals surface area contributed by atoms with Crippen molar-refractivity contribution in [3.05, 3.63) is 45.7 Å². The number of carbonyl (C=O) groups is 1. The first-order chi connectivity index (χ1) is 11.1. The van der Waals surface area contributed by atoms with Crippen molar-refractivity contribution in [2.24, 2.45) is 0 Å². The van der Waals surface area contributed by atoms with E-state index in [1.54, 1.807) is 35.7 Å². The van der Waals surface area contributed by atoms with Crippen molar-refractivity contribution in [1.29, 1.82) is 0 Å². The summed E-state index contributed by atoms with van der Waals surface area (Å²) in [6.45, 7) is 2.54. The van der Waals surface area contributed by atoms with E-state index in [2.05, 4.69) is 10.3 Å². The van der Waals surface area contributed by atoms with E-state index in [4.69, 9.17) is 4.98 Å². The number of thiazole rings is 1. The lowest BCUT2D eigenvalue weighted by Crippen LogP contribution is -2.38. The largest absolute Gasteiger partial charge is 0.329 e. The van der Waals surface area contributed by atoms with Crippen LogP contribution in [0.5, 0.6) is 0 Å². The molecule has 1 atom stereocenters. The number of fused-ring (bicyclic) bond motifs is 1. The molecule has 0 aliphatic heterocycles. The standard InChI is InChI=1S/C17H22N4OS/c1-12(16-20-14-7-3-4-8-15(14)23-16)19-17(22)21(2)11-13-6-5-9-18-10-13/h5-6,9-10,12H,3-4,7-8,11H2,1-2H3,(H,19,22)/t12-/m1/s1. The van der Waals surface area contributed by atoms with E-state index in [9.17, 15) is 4.79 Å². The van der Waals surface area contributed by atoms with Gasteiger partial charge >= 0.3 is 6.03 Å². The summed E-state index contributed by atoms with van der Waals surface area (Å²) in [6.07, 6.45) is 8.20. The zero-order valence-electron chi connectivity index (χ0n) is 13.6. The number of aryl methyl sites for hydroxylation is 2. The summed E-state index contributed by atoms with van der Waals surface area (Å²) < 4.78 is 0. The Kier molecular flexibility index (Phi) is 4.91. The molecule has 3 rings (SSSR count). The lowest BCUT2D eigenvalue weighted by molar-refractivity contribution is 0.203. The molecule has 2 amide bonds. The van der Waals surface area contributed by atoms with Gasteiger partial charge in [0, 0.05) is 30.9 Å². The van der Waals surface area contributed by atoms with Crippen LogP contribution in [0.25, 0.3) is 0 Å². The minimum atomic E-state index is -0.0884. The third-order valence-corrected chi connectivity index (χ3v) is 5.40. The van der Waals surface area contributed by atoms with Crippen molar-refractivity contribution in [3.63, 3.8) is 0 Å². The van der Waals surface area contributed by atoms with Crippen LogP contribution in [-0.2, 0) is 19.4 Å². The molecule has 2 aromatic heterocycles. The van der Waals surface area contributed by atoms with Crippen LogP contribution in [0.3, 0.4) is 0 Å². The molecule has 0 bridgehead atoms. The Bertz CT molecular complexity index is 647. The van der Waals surface area contributed by atoms with Crippen LogP contribution < -0.4 is 5.32 Å². The number of rotatable bonds is 4. The molecule has 0 saturated carbocycles. The smallest absolute Gasteiger partial charge is 0.317 e. The van der Waals surface area contributed by atoms with E-state index < -0.39 is 0 Å². The van der Waals surface area contributed by atoms with Crippen molar-refractivity contribution < 1.29 is 4.79 Å². The summed E-state index contributed by atoms with van der Waals surface area (Å²) in [5.41, 5.74) is 2.25. The zero-order valence-corrected chi connectivity index (χ0v) is 14.4. The molecule has 0 fully saturated rings. The molecule has 23 heavy (non-hydrogen) atoms. The molecule has 6 heteroatoms. The number of nitrogens with one attached hydrogen (secondary N) is 1. The van der Waals surface area contributed by atoms with Gasteiger partial charge in [-0.15, -0.1) is 11.3 Å². The van der Waals surface area contributed by atoms with Gasteiger partial charge in [-0.05, 0) is 44.2 Å². The minimum absolute atomic E-state index is 0.0607. The second-order valence-corrected chi connectivity index (χ2v) is 7.13. The molecule has 0 aromatic carbocycles. The fourth-order valence-electron chi connectivity index (χ4n) is 2.75. The Morgan fingerprint density at radius 2 is 2.26 bits per heavy atom. The second kappa shape index (κ2) is 7.08. The quantitative estimate of drug-likeness (QED) is 0.935. The third kappa shape index (κ3) is 3.88. The average Bonchev–Trinajstić information content (AvgIpc) is 3.00. The van der Waals surface area contributed by atoms with Gasteiger partial charge in [-0.2, -0.15) is 0 Å². The summed E-state index contributed by atoms with van der Waals surface area (Å²) in [5, 5.41) is 4.05. The van der Waals surface area contributed by atoms with Crippen LogP contribution in [-0.4, -0.2) is 27.9 Å². The first-order valence-electron chi connectivity index (χ1n) is 8.02. The molecule has 0 unspecified atom stereocenters. The maximum Gasteiger partial charge on any atom is 0.317 e. The summed E-state index contributed by atoms with van der Waals surface area (Å²) in [7, 11) is 1.79. The molecule has 2 heterocycles. The molecule has 1 N–H and O–H groups in total. The first-order valence-corrected chi connectivity index (χ1v) is 8.84. The van der Waals surface area contributed by atoms with E-state index in [1.165, 1.54) is 23.4 Å². The van der Waals surface area contributed by atoms with Crippen molar-refractivity contribution in [3.8, 4) is 0 Å². The lowest BCUT2D eigenvalue weighted by atomic mass is 10.0. The molecule has 0 saturated heterocycles. The summed E-state index contributed by atoms with van der Waals surface area (Å²) in [5.74, 6) is 0. The number of carbonyl (C=O) groups excluding carboxylic acids is 1. The predicted molar refractivity (Wildman–Crippen MR) is 91.4 cm³/mol. The molecule has 0 radical (unpaired) electrons. The van der Waals surface area contributed by atoms with Crippen LogP contribution >= 0.6 is 11.3 Å². The van der Waals surface area contributed by atoms with Gasteiger partial charge in [0.15, 0.2) is 0 Å². The molecule has 1 aliphatic carbocycles. The Labute approximate surface area is 140 Å². The molecule has 2 aromatic rings. The molecular weight excluding hydrogens is 308 g/mol. The average molecular weight is 330 g/mol. The predicted octanol–water partition coefficient (Wildman–Crippen LogP) is 3.32. The Hall–Kier alpha value is -1.95. The minimum Gasteiger partial charge on any atom is -0.329 e. The molecule has 122 valence electrons. The number of hydrogen-bond acceptors (Lipinski definition) is 4. The van der Waals surface area contributed by atoms with Crippen LogP contribution in [0.1, 0.15) is 46.9 Å². The third-order valence-electron chi connectivity index (χ3n) is 4.06. The van der Waals surface area contributed by atoms with Crippen LogP contribution in [0.2, 0.25) is 0 Å². The highest BCUT2D eigenvalue weighted by atomic mass is 32.1. The number of aromatic nitrogens is 2. The van der Waals surface area contributed by atoms with Crippen LogP contribution in [0.4, 0.5) is 4.79 Å². The molecule has 0 spiro atoms. The first kappa shape index (κ1) is 15.9. The van der Waals surface area contributed by atoms with E-state index in [0.717, 1.165) is 23.4 Å². The normalized spacial score (nSPS) is 14.9. The Morgan fingerprint density at radius 1 is 1.43 bits per heavy atom. The van der Waals surface area contributed by atoms with Gasteiger partial charge in [-0.3, -0.25) is 4.98 Å². The number of urea groups is 1. The monoisotopic (exact) mass is 330 g/mol. The van der Waals surface area contributed by atoms with E-state index in [1.807, 2.05) is 19.1 Å². The van der Waals surface area contributed by atoms with Gasteiger partial charge in [0.1, 0.15) is 5.01 Å². The van der Waals surface area contributed by atoms with E-state index in [-0.39, 0.29) is 12.1 Å². The van der Waals surface area contributed by atoms with Gasteiger partial charge in [0.05, 0.1) is 11.7 Å². The number of pyridine rings is 1. The SMILES string of the molecule is C[C@@H](NC(=O)N(C)Cc1cccnc1)c1nc2c(s1)CCCC2. The highest BCUT2D eigenvalue weighted by Crippen LogP contribution is 2.29. The number of nitrogens with zero attached hydrogens (tertiary/aromatic N) is 3. The molecule has 1 aliphatic rings. The Balaban J connectivity index is 1.59. The van der Waals surface area contributed by atoms with Crippen molar-refractivity contribution in [1.82, 2.24) is 20.2 Å². The molecule has 5 nitrogen and oxygen atoms in total. The van der Waals surface area contributed by atoms with Gasteiger partial charge in [-0.1, -0.05) is 6.07 Å². The van der Waals surface area contributed by atoms with Gasteiger partial charge < -0.3 is 10.2 Å². The van der Waals surface area contributed by atoms with E-state index in [0.29, 0.717) is 6.54 Å². The van der Waals surface area contributed by atoms with Gasteiger partial charge in [0.25, 0.3) is 0 Å². The second-order valence-electron chi connectivity index (χ2n) is 6.02. The van der Waals surface area contributed by atoms with Crippen LogP contribution in [0.15, 0.2) is 24.5 Å². The van der Waals surface area contributed by atoms with Crippen molar-refractivity contribution >= 4 is 17.4 Å². The van der Waals surface area contributed by atoms with Crippen LogP contribution in [0, 0.1) is 0 Å². The summed E-state index contributed by atoms with van der Waals surface area (Å²) in [6, 6.07) is 3.70. The Morgan fingerprint density at radius 3 is 3.00 bits per heavy atom. The van der Waals surface area contributed by atoms with Gasteiger partial charge in [-0.25, -0.2) is 9.78 Å². The maximum atomic E-state index is 12.3. The highest BCUT2D eigenvalue weighted by molar-refractivity contribution is 7.11. The fraction of sp³-hybridized carbons (Fsp3) is 0.471. The summed E-state index contributed by atoms with van der Waals surface area (Å²) >= 11 is 1.75. The lowest BCUT2D eigenvalue weighted by Gasteiger charge is -2.20. The number of hydrogen-bond donors (Lipinski definition) is 1. The van der Waals surface area contributed by atoms with E-state index >= 15 is 0 Å². The topological polar surface area (TPSA) is 58.1 Å².